The molecule has 2 aromatic rings. The van der Waals surface area contributed by atoms with E-state index in [1.54, 1.807) is 12.1 Å². The van der Waals surface area contributed by atoms with E-state index in [2.05, 4.69) is 5.32 Å². The number of rotatable bonds is 4. The van der Waals surface area contributed by atoms with Gasteiger partial charge in [0, 0.05) is 24.2 Å². The Hall–Kier alpha value is -2.20. The summed E-state index contributed by atoms with van der Waals surface area (Å²) in [4.78, 5) is 12.2. The maximum Gasteiger partial charge on any atom is 0.252 e. The molecule has 0 saturated carbocycles. The van der Waals surface area contributed by atoms with E-state index in [0.29, 0.717) is 17.7 Å². The average Bonchev–Trinajstić information content (AvgIpc) is 2.45. The van der Waals surface area contributed by atoms with Gasteiger partial charge >= 0.3 is 0 Å². The van der Waals surface area contributed by atoms with E-state index in [4.69, 9.17) is 5.73 Å². The molecule has 0 bridgehead atoms. The number of carbonyl (C=O) groups excluding carboxylic acids is 1. The average molecular weight is 286 g/mol. The highest BCUT2D eigenvalue weighted by Gasteiger charge is 2.12. The van der Waals surface area contributed by atoms with Crippen LogP contribution >= 0.6 is 0 Å². The van der Waals surface area contributed by atoms with Crippen LogP contribution in [-0.2, 0) is 13.1 Å². The van der Waals surface area contributed by atoms with Crippen LogP contribution in [0.5, 0.6) is 0 Å². The molecule has 0 aliphatic carbocycles. The lowest BCUT2D eigenvalue weighted by atomic mass is 10.0. The first-order valence-corrected chi connectivity index (χ1v) is 6.84. The second-order valence-electron chi connectivity index (χ2n) is 5.08. The number of nitrogens with one attached hydrogen (secondary N) is 1. The lowest BCUT2D eigenvalue weighted by Crippen LogP contribution is -2.25. The zero-order valence-electron chi connectivity index (χ0n) is 12.2. The van der Waals surface area contributed by atoms with Gasteiger partial charge in [0.1, 0.15) is 5.82 Å². The molecule has 1 amide bonds. The summed E-state index contributed by atoms with van der Waals surface area (Å²) in [5.41, 5.74) is 9.12. The van der Waals surface area contributed by atoms with Crippen molar-refractivity contribution in [1.29, 1.82) is 0 Å². The summed E-state index contributed by atoms with van der Waals surface area (Å²) < 4.78 is 13.8. The molecule has 0 fully saturated rings. The fraction of sp³-hybridized carbons (Fsp3) is 0.235. The number of hydrogen-bond donors (Lipinski definition) is 2. The van der Waals surface area contributed by atoms with Gasteiger partial charge in [-0.1, -0.05) is 30.3 Å². The van der Waals surface area contributed by atoms with Crippen LogP contribution in [0.1, 0.15) is 32.6 Å². The third kappa shape index (κ3) is 3.47. The van der Waals surface area contributed by atoms with E-state index in [1.807, 2.05) is 32.0 Å². The van der Waals surface area contributed by atoms with E-state index >= 15 is 0 Å². The molecule has 3 nitrogen and oxygen atoms in total. The van der Waals surface area contributed by atoms with E-state index < -0.39 is 0 Å². The standard InChI is InChI=1S/C17H19FN2O/c1-11-4-3-5-12(2)16(11)17(21)20-10-14-7-6-13(9-19)8-15(14)18/h3-8H,9-10,19H2,1-2H3,(H,20,21). The fourth-order valence-corrected chi connectivity index (χ4v) is 2.30. The molecule has 0 radical (unpaired) electrons. The van der Waals surface area contributed by atoms with Crippen LogP contribution in [0.15, 0.2) is 36.4 Å². The largest absolute Gasteiger partial charge is 0.348 e. The van der Waals surface area contributed by atoms with Gasteiger partial charge in [0.05, 0.1) is 0 Å². The Balaban J connectivity index is 2.11. The van der Waals surface area contributed by atoms with Crippen molar-refractivity contribution in [3.05, 3.63) is 70.0 Å². The van der Waals surface area contributed by atoms with Gasteiger partial charge in [-0.05, 0) is 36.6 Å². The maximum absolute atomic E-state index is 13.8. The Labute approximate surface area is 124 Å². The quantitative estimate of drug-likeness (QED) is 0.908. The molecule has 0 unspecified atom stereocenters. The zero-order valence-corrected chi connectivity index (χ0v) is 12.2. The van der Waals surface area contributed by atoms with Crippen LogP contribution in [0.25, 0.3) is 0 Å². The summed E-state index contributed by atoms with van der Waals surface area (Å²) in [5, 5.41) is 2.77. The number of benzene rings is 2. The van der Waals surface area contributed by atoms with E-state index in [1.165, 1.54) is 6.07 Å². The van der Waals surface area contributed by atoms with Gasteiger partial charge in [-0.3, -0.25) is 4.79 Å². The molecule has 0 aromatic heterocycles. The Kier molecular flexibility index (Phi) is 4.70. The highest BCUT2D eigenvalue weighted by molar-refractivity contribution is 5.97. The van der Waals surface area contributed by atoms with Gasteiger partial charge in [0.25, 0.3) is 5.91 Å². The third-order valence-electron chi connectivity index (χ3n) is 3.50. The minimum Gasteiger partial charge on any atom is -0.348 e. The zero-order chi connectivity index (χ0) is 15.4. The predicted molar refractivity (Wildman–Crippen MR) is 81.4 cm³/mol. The second-order valence-corrected chi connectivity index (χ2v) is 5.08. The number of halogens is 1. The predicted octanol–water partition coefficient (Wildman–Crippen LogP) is 2.83. The molecule has 0 saturated heterocycles. The summed E-state index contributed by atoms with van der Waals surface area (Å²) in [6, 6.07) is 10.5. The summed E-state index contributed by atoms with van der Waals surface area (Å²) in [7, 11) is 0. The summed E-state index contributed by atoms with van der Waals surface area (Å²) in [6.45, 7) is 4.23. The van der Waals surface area contributed by atoms with Crippen molar-refractivity contribution < 1.29 is 9.18 Å². The molecule has 110 valence electrons. The van der Waals surface area contributed by atoms with Crippen LogP contribution in [-0.4, -0.2) is 5.91 Å². The van der Waals surface area contributed by atoms with Crippen molar-refractivity contribution in [3.63, 3.8) is 0 Å². The molecular weight excluding hydrogens is 267 g/mol. The molecule has 21 heavy (non-hydrogen) atoms. The van der Waals surface area contributed by atoms with Gasteiger partial charge in [-0.15, -0.1) is 0 Å². The van der Waals surface area contributed by atoms with Crippen LogP contribution in [0.3, 0.4) is 0 Å². The topological polar surface area (TPSA) is 55.1 Å². The van der Waals surface area contributed by atoms with Gasteiger partial charge in [0.15, 0.2) is 0 Å². The lowest BCUT2D eigenvalue weighted by molar-refractivity contribution is 0.0949. The molecule has 0 aliphatic heterocycles. The SMILES string of the molecule is Cc1cccc(C)c1C(=O)NCc1ccc(CN)cc1F. The molecule has 0 spiro atoms. The highest BCUT2D eigenvalue weighted by atomic mass is 19.1. The molecule has 0 heterocycles. The Morgan fingerprint density at radius 2 is 1.86 bits per heavy atom. The minimum atomic E-state index is -0.347. The molecule has 0 aliphatic rings. The Morgan fingerprint density at radius 1 is 1.19 bits per heavy atom. The van der Waals surface area contributed by atoms with E-state index in [0.717, 1.165) is 16.7 Å². The normalized spacial score (nSPS) is 10.5. The van der Waals surface area contributed by atoms with Crippen molar-refractivity contribution in [1.82, 2.24) is 5.32 Å². The van der Waals surface area contributed by atoms with Crippen LogP contribution in [0.4, 0.5) is 4.39 Å². The monoisotopic (exact) mass is 286 g/mol. The molecule has 0 atom stereocenters. The molecular formula is C17H19FN2O. The van der Waals surface area contributed by atoms with Crippen molar-refractivity contribution in [2.75, 3.05) is 0 Å². The van der Waals surface area contributed by atoms with E-state index in [9.17, 15) is 9.18 Å². The van der Waals surface area contributed by atoms with Gasteiger partial charge in [-0.25, -0.2) is 4.39 Å². The first-order valence-electron chi connectivity index (χ1n) is 6.84. The molecule has 3 N–H and O–H groups in total. The number of amides is 1. The number of hydrogen-bond acceptors (Lipinski definition) is 2. The van der Waals surface area contributed by atoms with Crippen LogP contribution < -0.4 is 11.1 Å². The van der Waals surface area contributed by atoms with Gasteiger partial charge in [0.2, 0.25) is 0 Å². The molecule has 2 rings (SSSR count). The fourth-order valence-electron chi connectivity index (χ4n) is 2.30. The first-order chi connectivity index (χ1) is 10.0. The third-order valence-corrected chi connectivity index (χ3v) is 3.50. The summed E-state index contributed by atoms with van der Waals surface area (Å²) >= 11 is 0. The molecule has 4 heteroatoms. The van der Waals surface area contributed by atoms with E-state index in [-0.39, 0.29) is 18.3 Å². The van der Waals surface area contributed by atoms with Crippen LogP contribution in [0, 0.1) is 19.7 Å². The van der Waals surface area contributed by atoms with Crippen molar-refractivity contribution in [3.8, 4) is 0 Å². The highest BCUT2D eigenvalue weighted by Crippen LogP contribution is 2.14. The minimum absolute atomic E-state index is 0.156. The molecule has 2 aromatic carbocycles. The number of aryl methyl sites for hydroxylation is 2. The smallest absolute Gasteiger partial charge is 0.252 e. The van der Waals surface area contributed by atoms with Crippen molar-refractivity contribution >= 4 is 5.91 Å². The summed E-state index contributed by atoms with van der Waals surface area (Å²) in [5.74, 6) is -0.535. The lowest BCUT2D eigenvalue weighted by Gasteiger charge is -2.11. The number of carbonyl (C=O) groups is 1. The maximum atomic E-state index is 13.8. The Morgan fingerprint density at radius 3 is 2.43 bits per heavy atom. The second kappa shape index (κ2) is 6.50. The first kappa shape index (κ1) is 15.2. The Bertz CT molecular complexity index is 648. The van der Waals surface area contributed by atoms with Gasteiger partial charge < -0.3 is 11.1 Å². The van der Waals surface area contributed by atoms with Crippen molar-refractivity contribution in [2.24, 2.45) is 5.73 Å². The van der Waals surface area contributed by atoms with Crippen molar-refractivity contribution in [2.45, 2.75) is 26.9 Å². The summed E-state index contributed by atoms with van der Waals surface area (Å²) in [6.07, 6.45) is 0. The van der Waals surface area contributed by atoms with Gasteiger partial charge in [-0.2, -0.15) is 0 Å². The van der Waals surface area contributed by atoms with Crippen LogP contribution in [0.2, 0.25) is 0 Å². The number of nitrogens with two attached hydrogens (primary N) is 1.